The van der Waals surface area contributed by atoms with Gasteiger partial charge >= 0.3 is 11.9 Å². The first-order chi connectivity index (χ1) is 34.8. The lowest BCUT2D eigenvalue weighted by Crippen LogP contribution is -2.35. The van der Waals surface area contributed by atoms with Gasteiger partial charge in [-0.1, -0.05) is 12.1 Å². The molecule has 0 spiro atoms. The first-order valence-electron chi connectivity index (χ1n) is 21.8. The van der Waals surface area contributed by atoms with Crippen molar-refractivity contribution in [3.8, 4) is 33.6 Å². The van der Waals surface area contributed by atoms with Crippen molar-refractivity contribution in [3.63, 3.8) is 0 Å². The Hall–Kier alpha value is -9.58. The molecule has 9 rings (SSSR count). The maximum atomic E-state index is 11.6. The molecule has 1 aromatic carbocycles. The number of hydrogen-bond acceptors (Lipinski definition) is 19. The van der Waals surface area contributed by atoms with Crippen molar-refractivity contribution < 1.29 is 29.4 Å². The van der Waals surface area contributed by atoms with E-state index in [4.69, 9.17) is 15.2 Å². The number of nitrogens with one attached hydrogen (secondary N) is 4. The number of aliphatic carboxylic acids is 2. The normalized spacial score (nSPS) is 11.4. The van der Waals surface area contributed by atoms with E-state index in [2.05, 4.69) is 146 Å². The summed E-state index contributed by atoms with van der Waals surface area (Å²) >= 11 is 1.80. The highest BCUT2D eigenvalue weighted by Gasteiger charge is 2.15. The van der Waals surface area contributed by atoms with Crippen LogP contribution in [0.5, 0.6) is 0 Å². The third kappa shape index (κ3) is 14.2. The van der Waals surface area contributed by atoms with E-state index in [0.717, 1.165) is 11.2 Å². The number of rotatable bonds is 13. The molecule has 0 saturated carbocycles. The molecule has 2 amide bonds. The molecule has 6 N–H and O–H groups in total. The SMILES string of the molecule is CN(C)c1ccc2nc3ccc(=[N+](C)C)cc-3sc2c1.O=C(O)CCC(=O)Nc1ccc(-c2nnc(-c3ccccn3)nn2)nc1.O=C(O)CCC(=O)Nc1ccc(C2=NNC(c3ccccn3)=NN2)nc1. The van der Waals surface area contributed by atoms with Crippen molar-refractivity contribution in [1.82, 2.24) is 60.7 Å². The van der Waals surface area contributed by atoms with Crippen molar-refractivity contribution in [2.45, 2.75) is 25.7 Å². The number of nitrogens with zero attached hydrogens (tertiary/aromatic N) is 13. The Morgan fingerprint density at radius 2 is 1.11 bits per heavy atom. The molecule has 0 unspecified atom stereocenters. The molecule has 364 valence electrons. The van der Waals surface area contributed by atoms with Gasteiger partial charge in [-0.2, -0.15) is 10.2 Å². The van der Waals surface area contributed by atoms with Crippen molar-refractivity contribution in [2.24, 2.45) is 10.2 Å². The van der Waals surface area contributed by atoms with Crippen LogP contribution >= 0.6 is 11.3 Å². The number of aromatic nitrogens is 9. The van der Waals surface area contributed by atoms with Gasteiger partial charge in [-0.3, -0.25) is 50.0 Å². The molecule has 24 heteroatoms. The maximum absolute atomic E-state index is 11.6. The molecule has 5 aromatic heterocycles. The lowest BCUT2D eigenvalue weighted by molar-refractivity contribution is -0.138. The van der Waals surface area contributed by atoms with E-state index in [-0.39, 0.29) is 37.4 Å². The summed E-state index contributed by atoms with van der Waals surface area (Å²) in [7, 11) is 8.24. The summed E-state index contributed by atoms with van der Waals surface area (Å²) in [6.07, 6.45) is 5.50. The highest BCUT2D eigenvalue weighted by Crippen LogP contribution is 2.31. The molecular weight excluding hydrogens is 943 g/mol. The van der Waals surface area contributed by atoms with Crippen LogP contribution in [0.1, 0.15) is 37.1 Å². The molecule has 0 fully saturated rings. The molecule has 3 aliphatic rings. The van der Waals surface area contributed by atoms with Crippen LogP contribution < -0.4 is 36.3 Å². The molecule has 23 nitrogen and oxygen atoms in total. The zero-order valence-corrected chi connectivity index (χ0v) is 39.9. The number of amides is 2. The van der Waals surface area contributed by atoms with Crippen molar-refractivity contribution in [3.05, 3.63) is 139 Å². The molecule has 1 aliphatic carbocycles. The number of benzene rings is 2. The minimum absolute atomic E-state index is 0.0969. The minimum atomic E-state index is -1.03. The average Bonchev–Trinajstić information content (AvgIpc) is 3.40. The summed E-state index contributed by atoms with van der Waals surface area (Å²) < 4.78 is 3.34. The van der Waals surface area contributed by atoms with E-state index in [1.807, 2.05) is 12.1 Å². The fourth-order valence-electron chi connectivity index (χ4n) is 6.18. The van der Waals surface area contributed by atoms with Gasteiger partial charge in [-0.05, 0) is 72.8 Å². The van der Waals surface area contributed by atoms with Crippen LogP contribution in [-0.4, -0.2) is 119 Å². The van der Waals surface area contributed by atoms with Gasteiger partial charge in [0.1, 0.15) is 36.9 Å². The Bertz CT molecular complexity index is 3280. The average molecular weight is 989 g/mol. The number of carbonyl (C=O) groups excluding carboxylic acids is 2. The van der Waals surface area contributed by atoms with Gasteiger partial charge in [-0.25, -0.2) is 9.56 Å². The minimum Gasteiger partial charge on any atom is -0.481 e. The second kappa shape index (κ2) is 24.1. The smallest absolute Gasteiger partial charge is 0.303 e. The molecule has 2 aliphatic heterocycles. The first-order valence-corrected chi connectivity index (χ1v) is 22.7. The van der Waals surface area contributed by atoms with Crippen LogP contribution in [0.15, 0.2) is 132 Å². The number of pyridine rings is 4. The lowest BCUT2D eigenvalue weighted by Gasteiger charge is -2.14. The Morgan fingerprint density at radius 3 is 1.58 bits per heavy atom. The third-order valence-corrected chi connectivity index (χ3v) is 11.0. The fraction of sp³-hybridized carbons (Fsp3) is 0.167. The Balaban J connectivity index is 0.000000160. The van der Waals surface area contributed by atoms with Crippen LogP contribution in [0.2, 0.25) is 0 Å². The lowest BCUT2D eigenvalue weighted by atomic mass is 10.2. The summed E-state index contributed by atoms with van der Waals surface area (Å²) in [5.41, 5.74) is 12.0. The summed E-state index contributed by atoms with van der Waals surface area (Å²) in [5.74, 6) is -1.41. The number of carboxylic acid groups (broad SMARTS) is 2. The molecule has 0 atom stereocenters. The van der Waals surface area contributed by atoms with Crippen LogP contribution in [0.25, 0.3) is 43.8 Å². The largest absolute Gasteiger partial charge is 0.481 e. The zero-order valence-electron chi connectivity index (χ0n) is 39.1. The first kappa shape index (κ1) is 50.3. The maximum Gasteiger partial charge on any atom is 0.303 e. The van der Waals surface area contributed by atoms with Crippen LogP contribution in [0.4, 0.5) is 17.1 Å². The predicted octanol–water partition coefficient (Wildman–Crippen LogP) is 4.19. The number of amidine groups is 2. The molecule has 0 saturated heterocycles. The van der Waals surface area contributed by atoms with Gasteiger partial charge in [0.25, 0.3) is 0 Å². The van der Waals surface area contributed by atoms with Crippen LogP contribution in [0, 0.1) is 0 Å². The third-order valence-electron chi connectivity index (χ3n) is 9.91. The molecule has 72 heavy (non-hydrogen) atoms. The van der Waals surface area contributed by atoms with Crippen LogP contribution in [0.3, 0.4) is 0 Å². The summed E-state index contributed by atoms with van der Waals surface area (Å²) in [4.78, 5) is 68.8. The standard InChI is InChI=1S/C16H15N7O3.C16H13N7O3.C16H18N3S/c2*24-13(6-7-14(25)26)19-10-4-5-12(18-9-10)16-22-20-15(21-23-16)11-3-1-2-8-17-11;1-18(2)11-5-7-13-15(9-11)20-16-10-12(19(3)4)6-8-14(16)17-13/h1-5,8-9H,6-7H2,(H,19,24)(H,20,21)(H,22,23)(H,25,26);1-5,8-9H,6-7H2,(H,19,24)(H,25,26);5-10H,1-4H3/q;;+1. The highest BCUT2D eigenvalue weighted by atomic mass is 32.1. The predicted molar refractivity (Wildman–Crippen MR) is 271 cm³/mol. The Morgan fingerprint density at radius 1 is 0.597 bits per heavy atom. The van der Waals surface area contributed by atoms with Gasteiger partial charge in [0.05, 0.1) is 57.4 Å². The zero-order chi connectivity index (χ0) is 51.0. The second-order valence-electron chi connectivity index (χ2n) is 15.7. The quantitative estimate of drug-likeness (QED) is 0.0697. The monoisotopic (exact) mass is 988 g/mol. The Labute approximate surface area is 414 Å². The highest BCUT2D eigenvalue weighted by molar-refractivity contribution is 7.21. The van der Waals surface area contributed by atoms with E-state index in [0.29, 0.717) is 51.6 Å². The van der Waals surface area contributed by atoms with E-state index in [1.165, 1.54) is 33.0 Å². The van der Waals surface area contributed by atoms with Crippen molar-refractivity contribution in [2.75, 3.05) is 43.7 Å². The summed E-state index contributed by atoms with van der Waals surface area (Å²) in [6.45, 7) is 0. The number of carbonyl (C=O) groups is 4. The van der Waals surface area contributed by atoms with E-state index < -0.39 is 17.8 Å². The summed E-state index contributed by atoms with van der Waals surface area (Å²) in [6, 6.07) is 30.1. The Kier molecular flexibility index (Phi) is 16.8. The topological polar surface area (TPSA) is 304 Å². The number of carboxylic acids is 2. The summed E-state index contributed by atoms with van der Waals surface area (Å²) in [5, 5.41) is 47.8. The van der Waals surface area contributed by atoms with Gasteiger partial charge < -0.3 is 25.7 Å². The molecule has 0 bridgehead atoms. The number of fused-ring (bicyclic) bond motifs is 2. The second-order valence-corrected chi connectivity index (χ2v) is 16.8. The van der Waals surface area contributed by atoms with Crippen molar-refractivity contribution >= 4 is 74.0 Å². The fourth-order valence-corrected chi connectivity index (χ4v) is 7.22. The van der Waals surface area contributed by atoms with E-state index >= 15 is 0 Å². The van der Waals surface area contributed by atoms with Crippen molar-refractivity contribution in [1.29, 1.82) is 0 Å². The molecule has 0 radical (unpaired) electrons. The van der Waals surface area contributed by atoms with Gasteiger partial charge in [0.2, 0.25) is 28.8 Å². The molecule has 7 heterocycles. The van der Waals surface area contributed by atoms with Gasteiger partial charge in [0, 0.05) is 57.2 Å². The molecule has 6 aromatic rings. The number of hydrazone groups is 2. The number of hydrogen-bond donors (Lipinski definition) is 6. The van der Waals surface area contributed by atoms with E-state index in [9.17, 15) is 19.2 Å². The number of anilines is 3. The van der Waals surface area contributed by atoms with E-state index in [1.54, 1.807) is 72.3 Å². The van der Waals surface area contributed by atoms with Crippen LogP contribution in [-0.2, 0) is 19.2 Å². The van der Waals surface area contributed by atoms with Gasteiger partial charge in [-0.15, -0.1) is 31.7 Å². The molecular formula is C48H46N17O6S+. The van der Waals surface area contributed by atoms with Gasteiger partial charge in [0.15, 0.2) is 11.7 Å².